The van der Waals surface area contributed by atoms with Crippen LogP contribution in [0.2, 0.25) is 0 Å². The summed E-state index contributed by atoms with van der Waals surface area (Å²) in [6.07, 6.45) is 0. The Labute approximate surface area is 81.2 Å². The summed E-state index contributed by atoms with van der Waals surface area (Å²) in [5.74, 6) is -3.39. The average Bonchev–Trinajstić information content (AvgIpc) is 2.20. The molecule has 0 saturated heterocycles. The molecule has 0 aliphatic rings. The molecule has 0 amide bonds. The zero-order chi connectivity index (χ0) is 10.6. The maximum Gasteiger partial charge on any atom is 0.350 e. The van der Waals surface area contributed by atoms with Crippen molar-refractivity contribution in [2.45, 2.75) is 12.0 Å². The normalized spacial score (nSPS) is 13.3. The van der Waals surface area contributed by atoms with Crippen molar-refractivity contribution in [2.24, 2.45) is 0 Å². The van der Waals surface area contributed by atoms with Gasteiger partial charge in [-0.05, 0) is 12.6 Å². The Morgan fingerprint density at radius 1 is 1.36 bits per heavy atom. The molecule has 1 N–H and O–H groups in total. The van der Waals surface area contributed by atoms with E-state index in [1.54, 1.807) is 30.3 Å². The van der Waals surface area contributed by atoms with Crippen LogP contribution in [-0.2, 0) is 0 Å². The molecule has 0 aromatic heterocycles. The Morgan fingerprint density at radius 2 is 1.93 bits per heavy atom. The van der Waals surface area contributed by atoms with Gasteiger partial charge in [0.05, 0.1) is 0 Å². The van der Waals surface area contributed by atoms with E-state index in [1.807, 2.05) is 0 Å². The Bertz CT molecular complexity index is 330. The van der Waals surface area contributed by atoms with Gasteiger partial charge in [-0.1, -0.05) is 30.3 Å². The van der Waals surface area contributed by atoms with E-state index in [4.69, 9.17) is 5.26 Å². The molecule has 0 saturated carbocycles. The number of alkyl halides is 2. The standard InChI is InChI=1S/C10H10F2N2/c1-14-9(10(11,12)7-13)8-5-3-2-4-6-8/h2-6,9,14H,1H3. The van der Waals surface area contributed by atoms with Crippen molar-refractivity contribution in [3.05, 3.63) is 35.9 Å². The molecule has 1 aromatic carbocycles. The van der Waals surface area contributed by atoms with Gasteiger partial charge in [-0.25, -0.2) is 0 Å². The third-order valence-electron chi connectivity index (χ3n) is 1.93. The topological polar surface area (TPSA) is 35.8 Å². The highest BCUT2D eigenvalue weighted by Gasteiger charge is 2.39. The van der Waals surface area contributed by atoms with Crippen LogP contribution in [0.1, 0.15) is 11.6 Å². The van der Waals surface area contributed by atoms with Crippen molar-refractivity contribution in [1.82, 2.24) is 5.32 Å². The molecule has 1 rings (SSSR count). The number of rotatable bonds is 3. The quantitative estimate of drug-likeness (QED) is 0.803. The van der Waals surface area contributed by atoms with Crippen LogP contribution in [0.4, 0.5) is 8.78 Å². The summed E-state index contributed by atoms with van der Waals surface area (Å²) in [6.45, 7) is 0. The van der Waals surface area contributed by atoms with Gasteiger partial charge in [-0.15, -0.1) is 0 Å². The van der Waals surface area contributed by atoms with Crippen molar-refractivity contribution in [2.75, 3.05) is 7.05 Å². The molecular weight excluding hydrogens is 186 g/mol. The summed E-state index contributed by atoms with van der Waals surface area (Å²) in [5.41, 5.74) is 0.404. The third kappa shape index (κ3) is 2.06. The van der Waals surface area contributed by atoms with E-state index in [-0.39, 0.29) is 0 Å². The van der Waals surface area contributed by atoms with E-state index in [9.17, 15) is 8.78 Å². The molecule has 4 heteroatoms. The van der Waals surface area contributed by atoms with Gasteiger partial charge in [-0.3, -0.25) is 0 Å². The van der Waals surface area contributed by atoms with Gasteiger partial charge < -0.3 is 5.32 Å². The lowest BCUT2D eigenvalue weighted by atomic mass is 10.0. The zero-order valence-corrected chi connectivity index (χ0v) is 7.67. The van der Waals surface area contributed by atoms with E-state index in [0.717, 1.165) is 6.07 Å². The van der Waals surface area contributed by atoms with Crippen molar-refractivity contribution >= 4 is 0 Å². The highest BCUT2D eigenvalue weighted by atomic mass is 19.3. The predicted molar refractivity (Wildman–Crippen MR) is 48.8 cm³/mol. The van der Waals surface area contributed by atoms with Crippen LogP contribution in [-0.4, -0.2) is 13.0 Å². The number of hydrogen-bond acceptors (Lipinski definition) is 2. The molecule has 1 unspecified atom stereocenters. The molecule has 2 nitrogen and oxygen atoms in total. The summed E-state index contributed by atoms with van der Waals surface area (Å²) in [4.78, 5) is 0. The SMILES string of the molecule is CNC(c1ccccc1)C(F)(F)C#N. The fourth-order valence-electron chi connectivity index (χ4n) is 1.27. The van der Waals surface area contributed by atoms with E-state index < -0.39 is 12.0 Å². The minimum atomic E-state index is -3.39. The van der Waals surface area contributed by atoms with Crippen molar-refractivity contribution in [1.29, 1.82) is 5.26 Å². The van der Waals surface area contributed by atoms with Crippen LogP contribution in [0, 0.1) is 11.3 Å². The summed E-state index contributed by atoms with van der Waals surface area (Å²) in [5, 5.41) is 10.8. The molecule has 1 atom stereocenters. The van der Waals surface area contributed by atoms with Gasteiger partial charge in [0.1, 0.15) is 12.1 Å². The Balaban J connectivity index is 3.01. The molecule has 74 valence electrons. The molecule has 0 radical (unpaired) electrons. The first kappa shape index (κ1) is 10.6. The molecule has 0 spiro atoms. The lowest BCUT2D eigenvalue weighted by Crippen LogP contribution is -2.33. The van der Waals surface area contributed by atoms with Crippen molar-refractivity contribution < 1.29 is 8.78 Å². The number of benzene rings is 1. The first-order chi connectivity index (χ1) is 6.61. The predicted octanol–water partition coefficient (Wildman–Crippen LogP) is 2.11. The van der Waals surface area contributed by atoms with Crippen LogP contribution in [0.5, 0.6) is 0 Å². The van der Waals surface area contributed by atoms with Crippen LogP contribution in [0.25, 0.3) is 0 Å². The minimum Gasteiger partial charge on any atom is -0.307 e. The molecule has 0 bridgehead atoms. The van der Waals surface area contributed by atoms with Crippen molar-refractivity contribution in [3.63, 3.8) is 0 Å². The smallest absolute Gasteiger partial charge is 0.307 e. The first-order valence-electron chi connectivity index (χ1n) is 4.13. The fourth-order valence-corrected chi connectivity index (χ4v) is 1.27. The van der Waals surface area contributed by atoms with Gasteiger partial charge in [0.25, 0.3) is 0 Å². The minimum absolute atomic E-state index is 0.404. The van der Waals surface area contributed by atoms with E-state index in [1.165, 1.54) is 7.05 Å². The number of hydrogen-bond donors (Lipinski definition) is 1. The van der Waals surface area contributed by atoms with Gasteiger partial charge >= 0.3 is 5.92 Å². The fraction of sp³-hybridized carbons (Fsp3) is 0.300. The molecule has 0 heterocycles. The summed E-state index contributed by atoms with van der Waals surface area (Å²) in [6, 6.07) is 7.92. The average molecular weight is 196 g/mol. The lowest BCUT2D eigenvalue weighted by molar-refractivity contribution is 0.0225. The summed E-state index contributed by atoms with van der Waals surface area (Å²) in [7, 11) is 1.41. The second-order valence-corrected chi connectivity index (χ2v) is 2.87. The third-order valence-corrected chi connectivity index (χ3v) is 1.93. The maximum absolute atomic E-state index is 13.1. The maximum atomic E-state index is 13.1. The van der Waals surface area contributed by atoms with Crippen LogP contribution < -0.4 is 5.32 Å². The first-order valence-corrected chi connectivity index (χ1v) is 4.13. The summed E-state index contributed by atoms with van der Waals surface area (Å²) >= 11 is 0. The largest absolute Gasteiger partial charge is 0.350 e. The number of nitriles is 1. The second-order valence-electron chi connectivity index (χ2n) is 2.87. The van der Waals surface area contributed by atoms with E-state index in [0.29, 0.717) is 5.56 Å². The second kappa shape index (κ2) is 4.16. The van der Waals surface area contributed by atoms with Gasteiger partial charge in [-0.2, -0.15) is 14.0 Å². The van der Waals surface area contributed by atoms with E-state index in [2.05, 4.69) is 5.32 Å². The lowest BCUT2D eigenvalue weighted by Gasteiger charge is -2.20. The van der Waals surface area contributed by atoms with E-state index >= 15 is 0 Å². The molecule has 0 fully saturated rings. The van der Waals surface area contributed by atoms with Crippen molar-refractivity contribution in [3.8, 4) is 6.07 Å². The zero-order valence-electron chi connectivity index (χ0n) is 7.67. The highest BCUT2D eigenvalue weighted by Crippen LogP contribution is 2.29. The number of nitrogens with one attached hydrogen (secondary N) is 1. The van der Waals surface area contributed by atoms with Gasteiger partial charge in [0.2, 0.25) is 0 Å². The number of nitrogens with zero attached hydrogens (tertiary/aromatic N) is 1. The molecule has 0 aliphatic carbocycles. The summed E-state index contributed by atoms with van der Waals surface area (Å²) < 4.78 is 26.2. The van der Waals surface area contributed by atoms with Crippen LogP contribution >= 0.6 is 0 Å². The Hall–Kier alpha value is -1.47. The molecule has 14 heavy (non-hydrogen) atoms. The molecule has 0 aliphatic heterocycles. The molecule has 1 aromatic rings. The van der Waals surface area contributed by atoms with Crippen LogP contribution in [0.15, 0.2) is 30.3 Å². The van der Waals surface area contributed by atoms with Gasteiger partial charge in [0.15, 0.2) is 0 Å². The Morgan fingerprint density at radius 3 is 2.36 bits per heavy atom. The van der Waals surface area contributed by atoms with Crippen LogP contribution in [0.3, 0.4) is 0 Å². The van der Waals surface area contributed by atoms with Gasteiger partial charge in [0, 0.05) is 0 Å². The molecular formula is C10H10F2N2. The number of halogens is 2. The monoisotopic (exact) mass is 196 g/mol. The Kier molecular flexibility index (Phi) is 3.15. The highest BCUT2D eigenvalue weighted by molar-refractivity contribution is 5.23.